The Kier molecular flexibility index (Phi) is 6.65. The monoisotopic (exact) mass is 475 g/mol. The standard InChI is InChI=1S/C17H18INO5S/c1-23-15-10-13(14(18)11-16(15)24-2)17(20)19-8-9-25(21,22)12-6-4-3-5-7-12/h3-7,10-11H,8-9H2,1-2H3,(H,19,20). The molecule has 0 aliphatic carbocycles. The van der Waals surface area contributed by atoms with Crippen LogP contribution in [-0.4, -0.2) is 40.8 Å². The van der Waals surface area contributed by atoms with Crippen LogP contribution in [0.4, 0.5) is 0 Å². The lowest BCUT2D eigenvalue weighted by atomic mass is 10.2. The van der Waals surface area contributed by atoms with Crippen molar-refractivity contribution in [2.75, 3.05) is 26.5 Å². The third-order valence-corrected chi connectivity index (χ3v) is 6.10. The number of benzene rings is 2. The van der Waals surface area contributed by atoms with Gasteiger partial charge in [-0.3, -0.25) is 4.79 Å². The Bertz CT molecular complexity index is 853. The highest BCUT2D eigenvalue weighted by Gasteiger charge is 2.17. The number of rotatable bonds is 7. The van der Waals surface area contributed by atoms with Gasteiger partial charge in [0.2, 0.25) is 0 Å². The van der Waals surface area contributed by atoms with E-state index >= 15 is 0 Å². The number of amides is 1. The van der Waals surface area contributed by atoms with Gasteiger partial charge in [-0.25, -0.2) is 8.42 Å². The van der Waals surface area contributed by atoms with E-state index in [2.05, 4.69) is 5.32 Å². The molecule has 0 bridgehead atoms. The summed E-state index contributed by atoms with van der Waals surface area (Å²) in [5.41, 5.74) is 0.398. The zero-order valence-electron chi connectivity index (χ0n) is 13.8. The summed E-state index contributed by atoms with van der Waals surface area (Å²) < 4.78 is 35.5. The third kappa shape index (κ3) is 4.85. The van der Waals surface area contributed by atoms with Crippen LogP contribution in [0.1, 0.15) is 10.4 Å². The van der Waals surface area contributed by atoms with E-state index < -0.39 is 9.84 Å². The van der Waals surface area contributed by atoms with Gasteiger partial charge in [0, 0.05) is 10.1 Å². The molecular weight excluding hydrogens is 457 g/mol. The lowest BCUT2D eigenvalue weighted by Gasteiger charge is -2.12. The SMILES string of the molecule is COc1cc(I)c(C(=O)NCCS(=O)(=O)c2ccccc2)cc1OC. The fourth-order valence-corrected chi connectivity index (χ4v) is 4.03. The maximum absolute atomic E-state index is 12.3. The molecule has 25 heavy (non-hydrogen) atoms. The highest BCUT2D eigenvalue weighted by Crippen LogP contribution is 2.31. The van der Waals surface area contributed by atoms with Crippen molar-refractivity contribution in [2.24, 2.45) is 0 Å². The average Bonchev–Trinajstić information content (AvgIpc) is 2.61. The molecule has 8 heteroatoms. The lowest BCUT2D eigenvalue weighted by Crippen LogP contribution is -2.29. The number of carbonyl (C=O) groups excluding carboxylic acids is 1. The molecule has 0 fully saturated rings. The van der Waals surface area contributed by atoms with Gasteiger partial charge in [0.15, 0.2) is 21.3 Å². The van der Waals surface area contributed by atoms with E-state index in [-0.39, 0.29) is 23.1 Å². The Morgan fingerprint density at radius 3 is 2.28 bits per heavy atom. The van der Waals surface area contributed by atoms with Gasteiger partial charge in [-0.05, 0) is 46.9 Å². The smallest absolute Gasteiger partial charge is 0.252 e. The van der Waals surface area contributed by atoms with E-state index in [1.165, 1.54) is 26.4 Å². The van der Waals surface area contributed by atoms with Crippen molar-refractivity contribution >= 4 is 38.3 Å². The molecular formula is C17H18INO5S. The van der Waals surface area contributed by atoms with Crippen LogP contribution in [0.15, 0.2) is 47.4 Å². The Balaban J connectivity index is 2.06. The molecule has 134 valence electrons. The zero-order valence-corrected chi connectivity index (χ0v) is 16.8. The molecule has 0 aliphatic rings. The minimum atomic E-state index is -3.43. The number of halogens is 1. The minimum absolute atomic E-state index is 0.0144. The highest BCUT2D eigenvalue weighted by atomic mass is 127. The molecule has 0 radical (unpaired) electrons. The summed E-state index contributed by atoms with van der Waals surface area (Å²) in [5.74, 6) is 0.417. The number of methoxy groups -OCH3 is 2. The molecule has 2 aromatic carbocycles. The largest absolute Gasteiger partial charge is 0.493 e. The normalized spacial score (nSPS) is 11.0. The molecule has 0 spiro atoms. The Morgan fingerprint density at radius 2 is 1.68 bits per heavy atom. The van der Waals surface area contributed by atoms with Gasteiger partial charge < -0.3 is 14.8 Å². The van der Waals surface area contributed by atoms with E-state index in [0.29, 0.717) is 20.6 Å². The molecule has 2 rings (SSSR count). The first-order valence-corrected chi connectivity index (χ1v) is 10.1. The Hall–Kier alpha value is -1.81. The molecule has 0 heterocycles. The van der Waals surface area contributed by atoms with Gasteiger partial charge in [-0.2, -0.15) is 0 Å². The van der Waals surface area contributed by atoms with Gasteiger partial charge in [0.1, 0.15) is 0 Å². The van der Waals surface area contributed by atoms with Crippen molar-refractivity contribution in [2.45, 2.75) is 4.90 Å². The molecule has 0 aromatic heterocycles. The first-order valence-electron chi connectivity index (χ1n) is 7.36. The van der Waals surface area contributed by atoms with Crippen LogP contribution in [0.2, 0.25) is 0 Å². The first-order chi connectivity index (χ1) is 11.9. The summed E-state index contributed by atoms with van der Waals surface area (Å²) in [7, 11) is -0.432. The average molecular weight is 475 g/mol. The van der Waals surface area contributed by atoms with Crippen molar-refractivity contribution in [3.63, 3.8) is 0 Å². The molecule has 0 atom stereocenters. The Labute approximate surface area is 160 Å². The van der Waals surface area contributed by atoms with Gasteiger partial charge >= 0.3 is 0 Å². The van der Waals surface area contributed by atoms with E-state index in [9.17, 15) is 13.2 Å². The number of hydrogen-bond acceptors (Lipinski definition) is 5. The summed E-state index contributed by atoms with van der Waals surface area (Å²) in [6, 6.07) is 11.4. The minimum Gasteiger partial charge on any atom is -0.493 e. The van der Waals surface area contributed by atoms with Crippen LogP contribution in [0.5, 0.6) is 11.5 Å². The molecule has 0 unspecified atom stereocenters. The number of sulfone groups is 1. The van der Waals surface area contributed by atoms with Gasteiger partial charge in [0.05, 0.1) is 30.4 Å². The van der Waals surface area contributed by atoms with Gasteiger partial charge in [-0.1, -0.05) is 18.2 Å². The first kappa shape index (κ1) is 19.5. The van der Waals surface area contributed by atoms with Crippen molar-refractivity contribution in [3.05, 3.63) is 51.6 Å². The van der Waals surface area contributed by atoms with Gasteiger partial charge in [-0.15, -0.1) is 0 Å². The molecule has 0 aliphatic heterocycles. The summed E-state index contributed by atoms with van der Waals surface area (Å²) in [4.78, 5) is 12.6. The summed E-state index contributed by atoms with van der Waals surface area (Å²) >= 11 is 2.02. The molecule has 0 saturated heterocycles. The second-order valence-corrected chi connectivity index (χ2v) is 8.35. The topological polar surface area (TPSA) is 81.7 Å². The summed E-state index contributed by atoms with van der Waals surface area (Å²) in [5, 5.41) is 2.64. The van der Waals surface area contributed by atoms with E-state index in [4.69, 9.17) is 9.47 Å². The molecule has 1 amide bonds. The molecule has 2 aromatic rings. The number of hydrogen-bond donors (Lipinski definition) is 1. The Morgan fingerprint density at radius 1 is 1.08 bits per heavy atom. The number of carbonyl (C=O) groups is 1. The van der Waals surface area contributed by atoms with Crippen LogP contribution in [0.3, 0.4) is 0 Å². The van der Waals surface area contributed by atoms with E-state index in [0.717, 1.165) is 0 Å². The van der Waals surface area contributed by atoms with Crippen molar-refractivity contribution in [1.29, 1.82) is 0 Å². The van der Waals surface area contributed by atoms with Crippen molar-refractivity contribution < 1.29 is 22.7 Å². The predicted octanol–water partition coefficient (Wildman–Crippen LogP) is 2.51. The maximum Gasteiger partial charge on any atom is 0.252 e. The maximum atomic E-state index is 12.3. The lowest BCUT2D eigenvalue weighted by molar-refractivity contribution is 0.0955. The van der Waals surface area contributed by atoms with Crippen LogP contribution in [0, 0.1) is 3.57 Å². The second kappa shape index (κ2) is 8.52. The number of ether oxygens (including phenoxy) is 2. The van der Waals surface area contributed by atoms with Crippen LogP contribution in [0.25, 0.3) is 0 Å². The quantitative estimate of drug-likeness (QED) is 0.623. The van der Waals surface area contributed by atoms with Crippen LogP contribution < -0.4 is 14.8 Å². The van der Waals surface area contributed by atoms with E-state index in [1.807, 2.05) is 22.6 Å². The van der Waals surface area contributed by atoms with E-state index in [1.54, 1.807) is 30.3 Å². The highest BCUT2D eigenvalue weighted by molar-refractivity contribution is 14.1. The molecule has 6 nitrogen and oxygen atoms in total. The zero-order chi connectivity index (χ0) is 18.4. The van der Waals surface area contributed by atoms with Gasteiger partial charge in [0.25, 0.3) is 5.91 Å². The van der Waals surface area contributed by atoms with Crippen molar-refractivity contribution in [3.8, 4) is 11.5 Å². The number of nitrogens with one attached hydrogen (secondary N) is 1. The fourth-order valence-electron chi connectivity index (χ4n) is 2.17. The van der Waals surface area contributed by atoms with Crippen LogP contribution >= 0.6 is 22.6 Å². The third-order valence-electron chi connectivity index (χ3n) is 3.48. The predicted molar refractivity (Wildman–Crippen MR) is 103 cm³/mol. The van der Waals surface area contributed by atoms with Crippen LogP contribution in [-0.2, 0) is 9.84 Å². The fraction of sp³-hybridized carbons (Fsp3) is 0.235. The van der Waals surface area contributed by atoms with Crippen molar-refractivity contribution in [1.82, 2.24) is 5.32 Å². The second-order valence-electron chi connectivity index (χ2n) is 5.07. The molecule has 0 saturated carbocycles. The summed E-state index contributed by atoms with van der Waals surface area (Å²) in [6.45, 7) is 0.0144. The summed E-state index contributed by atoms with van der Waals surface area (Å²) in [6.07, 6.45) is 0. The molecule has 1 N–H and O–H groups in total.